The average Bonchev–Trinajstić information content (AvgIpc) is 3.15. The van der Waals surface area contributed by atoms with Gasteiger partial charge >= 0.3 is 0 Å². The van der Waals surface area contributed by atoms with Gasteiger partial charge in [0.25, 0.3) is 0 Å². The highest BCUT2D eigenvalue weighted by Crippen LogP contribution is 2.48. The van der Waals surface area contributed by atoms with E-state index in [1.54, 1.807) is 6.42 Å². The SMILES string of the molecule is CCC1CCC2C(CNC[C@H](C)C3CCC4CC(CNC)CCC4C3)CCC2C1. The van der Waals surface area contributed by atoms with Gasteiger partial charge in [0.15, 0.2) is 0 Å². The van der Waals surface area contributed by atoms with Gasteiger partial charge in [-0.3, -0.25) is 0 Å². The van der Waals surface area contributed by atoms with Gasteiger partial charge in [0.2, 0.25) is 0 Å². The standard InChI is InChI=1S/C27H50N2/c1-4-20-6-12-27-25(13-20)10-11-26(27)18-29-16-19(2)22-8-9-23-14-21(17-28-3)5-7-24(23)15-22/h19-29H,4-18H2,1-3H3/t19-,20?,21?,22?,23?,24?,25?,26?,27?/m0/s1. The molecule has 4 fully saturated rings. The lowest BCUT2D eigenvalue weighted by atomic mass is 9.63. The predicted octanol–water partition coefficient (Wildman–Crippen LogP) is 6.12. The zero-order valence-corrected chi connectivity index (χ0v) is 19.8. The van der Waals surface area contributed by atoms with Crippen LogP contribution >= 0.6 is 0 Å². The third-order valence-corrected chi connectivity index (χ3v) is 10.2. The minimum Gasteiger partial charge on any atom is -0.319 e. The van der Waals surface area contributed by atoms with Crippen molar-refractivity contribution < 1.29 is 0 Å². The maximum atomic E-state index is 3.97. The van der Waals surface area contributed by atoms with E-state index >= 15 is 0 Å². The fourth-order valence-electron chi connectivity index (χ4n) is 8.28. The van der Waals surface area contributed by atoms with Crippen molar-refractivity contribution in [1.82, 2.24) is 10.6 Å². The van der Waals surface area contributed by atoms with Crippen LogP contribution in [-0.2, 0) is 0 Å². The Morgan fingerprint density at radius 1 is 0.759 bits per heavy atom. The molecule has 0 bridgehead atoms. The Balaban J connectivity index is 1.16. The lowest BCUT2D eigenvalue weighted by molar-refractivity contribution is 0.0782. The largest absolute Gasteiger partial charge is 0.319 e. The Morgan fingerprint density at radius 3 is 2.31 bits per heavy atom. The second-order valence-electron chi connectivity index (χ2n) is 11.8. The molecule has 29 heavy (non-hydrogen) atoms. The van der Waals surface area contributed by atoms with Crippen molar-refractivity contribution in [2.45, 2.75) is 90.9 Å². The molecule has 0 aliphatic heterocycles. The van der Waals surface area contributed by atoms with Crippen molar-refractivity contribution in [3.05, 3.63) is 0 Å². The Morgan fingerprint density at radius 2 is 1.48 bits per heavy atom. The molecule has 0 saturated heterocycles. The van der Waals surface area contributed by atoms with Crippen molar-refractivity contribution in [2.24, 2.45) is 53.3 Å². The summed E-state index contributed by atoms with van der Waals surface area (Å²) in [6.07, 6.45) is 18.1. The van der Waals surface area contributed by atoms with Gasteiger partial charge in [0.05, 0.1) is 0 Å². The molecule has 0 aromatic heterocycles. The van der Waals surface area contributed by atoms with Crippen LogP contribution in [0, 0.1) is 53.3 Å². The topological polar surface area (TPSA) is 24.1 Å². The Bertz CT molecular complexity index is 491. The highest BCUT2D eigenvalue weighted by molar-refractivity contribution is 4.91. The van der Waals surface area contributed by atoms with Crippen molar-refractivity contribution in [2.75, 3.05) is 26.7 Å². The first-order chi connectivity index (χ1) is 14.2. The van der Waals surface area contributed by atoms with Crippen LogP contribution in [0.4, 0.5) is 0 Å². The van der Waals surface area contributed by atoms with Gasteiger partial charge in [0.1, 0.15) is 0 Å². The number of hydrogen-bond acceptors (Lipinski definition) is 2. The number of rotatable bonds is 8. The molecule has 168 valence electrons. The molecule has 0 aromatic rings. The molecule has 2 N–H and O–H groups in total. The Labute approximate surface area is 181 Å². The Kier molecular flexibility index (Phi) is 8.00. The summed E-state index contributed by atoms with van der Waals surface area (Å²) in [5.41, 5.74) is 0. The molecular formula is C27H50N2. The Hall–Kier alpha value is -0.0800. The predicted molar refractivity (Wildman–Crippen MR) is 125 cm³/mol. The lowest BCUT2D eigenvalue weighted by Crippen LogP contribution is -2.38. The van der Waals surface area contributed by atoms with Crippen LogP contribution in [0.1, 0.15) is 90.9 Å². The summed E-state index contributed by atoms with van der Waals surface area (Å²) >= 11 is 0. The summed E-state index contributed by atoms with van der Waals surface area (Å²) in [4.78, 5) is 0. The van der Waals surface area contributed by atoms with Gasteiger partial charge in [-0.15, -0.1) is 0 Å². The number of fused-ring (bicyclic) bond motifs is 2. The van der Waals surface area contributed by atoms with E-state index in [0.717, 1.165) is 53.3 Å². The van der Waals surface area contributed by atoms with Crippen LogP contribution in [0.5, 0.6) is 0 Å². The zero-order valence-electron chi connectivity index (χ0n) is 19.8. The monoisotopic (exact) mass is 402 g/mol. The van der Waals surface area contributed by atoms with E-state index in [1.165, 1.54) is 90.3 Å². The molecule has 0 radical (unpaired) electrons. The fourth-order valence-corrected chi connectivity index (χ4v) is 8.28. The minimum atomic E-state index is 0.874. The first-order valence-electron chi connectivity index (χ1n) is 13.5. The van der Waals surface area contributed by atoms with Gasteiger partial charge in [0, 0.05) is 0 Å². The van der Waals surface area contributed by atoms with Crippen molar-refractivity contribution in [3.63, 3.8) is 0 Å². The molecule has 4 aliphatic carbocycles. The van der Waals surface area contributed by atoms with Gasteiger partial charge in [-0.1, -0.05) is 26.7 Å². The maximum absolute atomic E-state index is 3.97. The van der Waals surface area contributed by atoms with Crippen molar-refractivity contribution >= 4 is 0 Å². The van der Waals surface area contributed by atoms with Crippen LogP contribution in [0.15, 0.2) is 0 Å². The molecule has 2 nitrogen and oxygen atoms in total. The summed E-state index contributed by atoms with van der Waals surface area (Å²) in [5.74, 6) is 9.09. The second-order valence-corrected chi connectivity index (χ2v) is 11.8. The van der Waals surface area contributed by atoms with E-state index in [2.05, 4.69) is 31.5 Å². The van der Waals surface area contributed by atoms with E-state index in [-0.39, 0.29) is 0 Å². The third kappa shape index (κ3) is 5.40. The second kappa shape index (κ2) is 10.5. The van der Waals surface area contributed by atoms with Crippen molar-refractivity contribution in [3.8, 4) is 0 Å². The number of nitrogens with one attached hydrogen (secondary N) is 2. The molecule has 0 heterocycles. The molecule has 0 spiro atoms. The molecule has 0 aromatic carbocycles. The van der Waals surface area contributed by atoms with Gasteiger partial charge in [-0.05, 0) is 144 Å². The minimum absolute atomic E-state index is 0.874. The van der Waals surface area contributed by atoms with Crippen LogP contribution < -0.4 is 10.6 Å². The van der Waals surface area contributed by atoms with Crippen LogP contribution in [0.25, 0.3) is 0 Å². The maximum Gasteiger partial charge on any atom is -0.00176 e. The molecule has 8 unspecified atom stereocenters. The molecular weight excluding hydrogens is 352 g/mol. The van der Waals surface area contributed by atoms with Crippen molar-refractivity contribution in [1.29, 1.82) is 0 Å². The van der Waals surface area contributed by atoms with E-state index in [9.17, 15) is 0 Å². The summed E-state index contributed by atoms with van der Waals surface area (Å²) in [7, 11) is 2.12. The fraction of sp³-hybridized carbons (Fsp3) is 1.00. The smallest absolute Gasteiger partial charge is 0.00176 e. The number of hydrogen-bond donors (Lipinski definition) is 2. The normalized spacial score (nSPS) is 43.6. The summed E-state index contributed by atoms with van der Waals surface area (Å²) in [6.45, 7) is 8.79. The van der Waals surface area contributed by atoms with E-state index in [4.69, 9.17) is 0 Å². The van der Waals surface area contributed by atoms with E-state index in [1.807, 2.05) is 0 Å². The van der Waals surface area contributed by atoms with Crippen LogP contribution in [0.3, 0.4) is 0 Å². The lowest BCUT2D eigenvalue weighted by Gasteiger charge is -2.44. The van der Waals surface area contributed by atoms with Crippen LogP contribution in [-0.4, -0.2) is 26.7 Å². The highest BCUT2D eigenvalue weighted by Gasteiger charge is 2.40. The van der Waals surface area contributed by atoms with E-state index < -0.39 is 0 Å². The van der Waals surface area contributed by atoms with Gasteiger partial charge < -0.3 is 10.6 Å². The molecule has 4 saturated carbocycles. The molecule has 9 atom stereocenters. The summed E-state index contributed by atoms with van der Waals surface area (Å²) in [6, 6.07) is 0. The van der Waals surface area contributed by atoms with Gasteiger partial charge in [-0.2, -0.15) is 0 Å². The third-order valence-electron chi connectivity index (χ3n) is 10.2. The molecule has 2 heteroatoms. The zero-order chi connectivity index (χ0) is 20.2. The quantitative estimate of drug-likeness (QED) is 0.511. The molecule has 4 rings (SSSR count). The highest BCUT2D eigenvalue weighted by atomic mass is 14.9. The summed E-state index contributed by atoms with van der Waals surface area (Å²) < 4.78 is 0. The summed E-state index contributed by atoms with van der Waals surface area (Å²) in [5, 5.41) is 7.39. The van der Waals surface area contributed by atoms with Gasteiger partial charge in [-0.25, -0.2) is 0 Å². The first kappa shape index (κ1) is 22.1. The molecule has 4 aliphatic rings. The van der Waals surface area contributed by atoms with Crippen LogP contribution in [0.2, 0.25) is 0 Å². The average molecular weight is 403 g/mol. The molecule has 0 amide bonds. The first-order valence-corrected chi connectivity index (χ1v) is 13.5. The van der Waals surface area contributed by atoms with E-state index in [0.29, 0.717) is 0 Å².